The Morgan fingerprint density at radius 1 is 0.909 bits per heavy atom. The van der Waals surface area contributed by atoms with Crippen LogP contribution >= 0.6 is 0 Å². The minimum Gasteiger partial charge on any atom is -0.300 e. The average Bonchev–Trinajstić information content (AvgIpc) is 2.89. The summed E-state index contributed by atoms with van der Waals surface area (Å²) in [7, 11) is 0. The zero-order valence-electron chi connectivity index (χ0n) is 14.7. The number of hydrogen-bond acceptors (Lipinski definition) is 1. The van der Waals surface area contributed by atoms with Crippen molar-refractivity contribution >= 4 is 5.78 Å². The van der Waals surface area contributed by atoms with Crippen molar-refractivity contribution in [1.29, 1.82) is 0 Å². The van der Waals surface area contributed by atoms with Crippen LogP contribution in [0.5, 0.6) is 0 Å². The van der Waals surface area contributed by atoms with Gasteiger partial charge in [0, 0.05) is 6.42 Å². The monoisotopic (exact) mass is 302 g/mol. The van der Waals surface area contributed by atoms with Crippen LogP contribution < -0.4 is 0 Å². The highest BCUT2D eigenvalue weighted by molar-refractivity contribution is 5.76. The van der Waals surface area contributed by atoms with E-state index >= 15 is 0 Å². The molecule has 0 unspecified atom stereocenters. The largest absolute Gasteiger partial charge is 0.300 e. The highest BCUT2D eigenvalue weighted by atomic mass is 16.1. The molecule has 0 aromatic carbocycles. The third-order valence-corrected chi connectivity index (χ3v) is 8.71. The van der Waals surface area contributed by atoms with E-state index in [-0.39, 0.29) is 0 Å². The highest BCUT2D eigenvalue weighted by Crippen LogP contribution is 2.67. The van der Waals surface area contributed by atoms with Gasteiger partial charge in [0.1, 0.15) is 5.78 Å². The van der Waals surface area contributed by atoms with Crippen LogP contribution in [0.25, 0.3) is 0 Å². The number of fused-ring (bicyclic) bond motifs is 5. The molecule has 0 aromatic heterocycles. The molecule has 0 N–H and O–H groups in total. The van der Waals surface area contributed by atoms with Crippen molar-refractivity contribution in [2.75, 3.05) is 0 Å². The molecule has 0 bridgehead atoms. The second-order valence-electron chi connectivity index (χ2n) is 9.57. The Morgan fingerprint density at radius 2 is 1.77 bits per heavy atom. The van der Waals surface area contributed by atoms with Crippen molar-refractivity contribution in [2.45, 2.75) is 90.9 Å². The van der Waals surface area contributed by atoms with Gasteiger partial charge >= 0.3 is 0 Å². The van der Waals surface area contributed by atoms with Crippen molar-refractivity contribution in [1.82, 2.24) is 0 Å². The van der Waals surface area contributed by atoms with Gasteiger partial charge in [-0.2, -0.15) is 0 Å². The van der Waals surface area contributed by atoms with Crippen LogP contribution in [-0.2, 0) is 4.79 Å². The van der Waals surface area contributed by atoms with Gasteiger partial charge in [0.05, 0.1) is 0 Å². The van der Waals surface area contributed by atoms with Gasteiger partial charge in [0.15, 0.2) is 0 Å². The lowest BCUT2D eigenvalue weighted by molar-refractivity contribution is -0.129. The first-order chi connectivity index (χ1) is 10.6. The van der Waals surface area contributed by atoms with Gasteiger partial charge in [0.25, 0.3) is 0 Å². The molecule has 1 nitrogen and oxygen atoms in total. The standard InChI is InChI=1S/C21H34O/c1-15(22)14-21-12-5-7-19(21)17-9-8-16-6-3-4-11-20(16,2)18(17)10-13-21/h16-19H,3-14H2,1-2H3/t16-,17-,18+,19+,20+,21+/m1/s1. The summed E-state index contributed by atoms with van der Waals surface area (Å²) in [5, 5.41) is 0. The molecule has 0 aromatic rings. The Morgan fingerprint density at radius 3 is 2.59 bits per heavy atom. The van der Waals surface area contributed by atoms with Gasteiger partial charge in [-0.25, -0.2) is 0 Å². The Balaban J connectivity index is 1.62. The molecule has 0 radical (unpaired) electrons. The van der Waals surface area contributed by atoms with Crippen LogP contribution in [0.1, 0.15) is 90.9 Å². The molecular formula is C21H34O. The van der Waals surface area contributed by atoms with E-state index in [4.69, 9.17) is 0 Å². The fourth-order valence-electron chi connectivity index (χ4n) is 7.89. The lowest BCUT2D eigenvalue weighted by atomic mass is 9.45. The molecule has 4 aliphatic carbocycles. The van der Waals surface area contributed by atoms with Crippen molar-refractivity contribution in [3.05, 3.63) is 0 Å². The minimum atomic E-state index is 0.421. The smallest absolute Gasteiger partial charge is 0.130 e. The normalized spacial score (nSPS) is 50.8. The van der Waals surface area contributed by atoms with Gasteiger partial charge in [-0.1, -0.05) is 26.2 Å². The molecule has 124 valence electrons. The predicted molar refractivity (Wildman–Crippen MR) is 90.6 cm³/mol. The molecule has 0 saturated heterocycles. The maximum atomic E-state index is 11.9. The third kappa shape index (κ3) is 2.13. The molecule has 0 spiro atoms. The van der Waals surface area contributed by atoms with Crippen LogP contribution in [0, 0.1) is 34.5 Å². The summed E-state index contributed by atoms with van der Waals surface area (Å²) in [5.74, 6) is 4.28. The summed E-state index contributed by atoms with van der Waals surface area (Å²) in [6.07, 6.45) is 16.8. The molecule has 4 rings (SSSR count). The van der Waals surface area contributed by atoms with Crippen LogP contribution in [-0.4, -0.2) is 5.78 Å². The van der Waals surface area contributed by atoms with Crippen LogP contribution in [0.3, 0.4) is 0 Å². The molecule has 4 fully saturated rings. The fourth-order valence-corrected chi connectivity index (χ4v) is 7.89. The molecular weight excluding hydrogens is 268 g/mol. The topological polar surface area (TPSA) is 17.1 Å². The van der Waals surface area contributed by atoms with Crippen molar-refractivity contribution in [2.24, 2.45) is 34.5 Å². The molecule has 0 aliphatic heterocycles. The molecule has 1 heteroatoms. The molecule has 6 atom stereocenters. The second-order valence-corrected chi connectivity index (χ2v) is 9.57. The first-order valence-electron chi connectivity index (χ1n) is 10.0. The van der Waals surface area contributed by atoms with Crippen molar-refractivity contribution < 1.29 is 4.79 Å². The van der Waals surface area contributed by atoms with Crippen molar-refractivity contribution in [3.8, 4) is 0 Å². The van der Waals surface area contributed by atoms with E-state index in [9.17, 15) is 4.79 Å². The zero-order chi connectivity index (χ0) is 15.4. The highest BCUT2D eigenvalue weighted by Gasteiger charge is 2.58. The Bertz CT molecular complexity index is 455. The number of hydrogen-bond donors (Lipinski definition) is 0. The average molecular weight is 303 g/mol. The lowest BCUT2D eigenvalue weighted by Gasteiger charge is -2.60. The summed E-state index contributed by atoms with van der Waals surface area (Å²) >= 11 is 0. The van der Waals surface area contributed by atoms with E-state index < -0.39 is 0 Å². The quantitative estimate of drug-likeness (QED) is 0.633. The predicted octanol–water partition coefficient (Wildman–Crippen LogP) is 5.77. The van der Waals surface area contributed by atoms with E-state index in [1.807, 2.05) is 6.92 Å². The van der Waals surface area contributed by atoms with Gasteiger partial charge in [0.2, 0.25) is 0 Å². The number of carbonyl (C=O) groups excluding carboxylic acids is 1. The van der Waals surface area contributed by atoms with E-state index in [0.717, 1.165) is 30.1 Å². The van der Waals surface area contributed by atoms with E-state index in [1.165, 1.54) is 70.6 Å². The number of rotatable bonds is 2. The first kappa shape index (κ1) is 15.2. The SMILES string of the molecule is CC(=O)C[C@@]12CCC[C@H]1[C@@H]1CC[C@H]3CCCC[C@]3(C)[C@H]1CC2. The van der Waals surface area contributed by atoms with Gasteiger partial charge in [-0.3, -0.25) is 0 Å². The zero-order valence-corrected chi connectivity index (χ0v) is 14.7. The molecule has 4 saturated carbocycles. The van der Waals surface area contributed by atoms with Gasteiger partial charge in [-0.15, -0.1) is 0 Å². The number of ketones is 1. The molecule has 0 amide bonds. The van der Waals surface area contributed by atoms with E-state index in [0.29, 0.717) is 16.6 Å². The summed E-state index contributed by atoms with van der Waals surface area (Å²) in [6, 6.07) is 0. The Hall–Kier alpha value is -0.330. The Labute approximate surface area is 136 Å². The minimum absolute atomic E-state index is 0.421. The molecule has 22 heavy (non-hydrogen) atoms. The summed E-state index contributed by atoms with van der Waals surface area (Å²) in [6.45, 7) is 4.48. The summed E-state index contributed by atoms with van der Waals surface area (Å²) in [5.41, 5.74) is 1.07. The Kier molecular flexibility index (Phi) is 3.70. The van der Waals surface area contributed by atoms with Crippen LogP contribution in [0.2, 0.25) is 0 Å². The lowest BCUT2D eigenvalue weighted by Crippen LogP contribution is -2.52. The summed E-state index contributed by atoms with van der Waals surface area (Å²) in [4.78, 5) is 11.9. The second kappa shape index (κ2) is 5.35. The molecule has 0 heterocycles. The van der Waals surface area contributed by atoms with Crippen LogP contribution in [0.15, 0.2) is 0 Å². The maximum Gasteiger partial charge on any atom is 0.130 e. The van der Waals surface area contributed by atoms with E-state index in [2.05, 4.69) is 6.92 Å². The fraction of sp³-hybridized carbons (Fsp3) is 0.952. The van der Waals surface area contributed by atoms with Crippen molar-refractivity contribution in [3.63, 3.8) is 0 Å². The number of carbonyl (C=O) groups is 1. The van der Waals surface area contributed by atoms with Gasteiger partial charge < -0.3 is 4.79 Å². The number of Topliss-reactive ketones (excluding diaryl/α,β-unsaturated/α-hetero) is 1. The first-order valence-corrected chi connectivity index (χ1v) is 10.0. The van der Waals surface area contributed by atoms with Gasteiger partial charge in [-0.05, 0) is 92.8 Å². The molecule has 4 aliphatic rings. The van der Waals surface area contributed by atoms with Crippen LogP contribution in [0.4, 0.5) is 0 Å². The third-order valence-electron chi connectivity index (χ3n) is 8.71. The maximum absolute atomic E-state index is 11.9. The summed E-state index contributed by atoms with van der Waals surface area (Å²) < 4.78 is 0. The van der Waals surface area contributed by atoms with E-state index in [1.54, 1.807) is 0 Å².